The zero-order valence-electron chi connectivity index (χ0n) is 12.9. The minimum atomic E-state index is -1.13. The monoisotopic (exact) mass is 315 g/mol. The van der Waals surface area contributed by atoms with E-state index >= 15 is 0 Å². The van der Waals surface area contributed by atoms with E-state index in [1.54, 1.807) is 12.1 Å². The number of piperidine rings is 1. The summed E-state index contributed by atoms with van der Waals surface area (Å²) >= 11 is 0. The average molecular weight is 315 g/mol. The number of allylic oxidation sites excluding steroid dienone is 1. The summed E-state index contributed by atoms with van der Waals surface area (Å²) in [5.41, 5.74) is -0.633. The van der Waals surface area contributed by atoms with E-state index in [0.717, 1.165) is 5.56 Å². The molecular formula is C18H21NO4. The van der Waals surface area contributed by atoms with Crippen molar-refractivity contribution in [2.24, 2.45) is 5.92 Å². The molecule has 1 saturated carbocycles. The second-order valence-electron chi connectivity index (χ2n) is 7.00. The van der Waals surface area contributed by atoms with Crippen molar-refractivity contribution in [1.82, 2.24) is 5.32 Å². The van der Waals surface area contributed by atoms with Crippen LogP contribution in [-0.4, -0.2) is 39.3 Å². The van der Waals surface area contributed by atoms with Crippen LogP contribution in [0, 0.1) is 5.92 Å². The smallest absolute Gasteiger partial charge is 0.161 e. The number of carbonyl (C=O) groups excluding carboxylic acids is 1. The fourth-order valence-corrected chi connectivity index (χ4v) is 5.29. The predicted molar refractivity (Wildman–Crippen MR) is 84.4 cm³/mol. The lowest BCUT2D eigenvalue weighted by atomic mass is 9.46. The number of benzene rings is 1. The third-order valence-corrected chi connectivity index (χ3v) is 6.24. The molecule has 3 aliphatic rings. The van der Waals surface area contributed by atoms with Gasteiger partial charge in [0, 0.05) is 29.4 Å². The highest BCUT2D eigenvalue weighted by Crippen LogP contribution is 2.61. The lowest BCUT2D eigenvalue weighted by Gasteiger charge is -2.62. The highest BCUT2D eigenvalue weighted by molar-refractivity contribution is 5.87. The number of carbonyl (C=O) groups is 1. The minimum absolute atomic E-state index is 0.0425. The zero-order chi connectivity index (χ0) is 16.4. The van der Waals surface area contributed by atoms with E-state index in [2.05, 4.69) is 11.9 Å². The Morgan fingerprint density at radius 1 is 1.30 bits per heavy atom. The number of Topliss-reactive ketones (excluding diaryl/α,β-unsaturated/α-hetero) is 1. The van der Waals surface area contributed by atoms with Crippen LogP contribution in [0.25, 0.3) is 0 Å². The Labute approximate surface area is 134 Å². The highest BCUT2D eigenvalue weighted by atomic mass is 16.3. The first kappa shape index (κ1) is 14.7. The van der Waals surface area contributed by atoms with Crippen LogP contribution in [0.4, 0.5) is 0 Å². The Kier molecular flexibility index (Phi) is 2.93. The standard InChI is InChI=1S/C18H21NO4/c1-2-11-12(20)5-6-18(23)14-9-10-3-4-13(21)16(22)15(10)17(11,18)7-8-19-14/h2-4,11,14,19,21-23H,1,5-9H2/t11-,14+,17+,18+/m0/s1. The summed E-state index contributed by atoms with van der Waals surface area (Å²) < 4.78 is 0. The van der Waals surface area contributed by atoms with E-state index in [1.165, 1.54) is 6.07 Å². The first-order valence-corrected chi connectivity index (χ1v) is 8.11. The molecule has 1 aliphatic heterocycles. The van der Waals surface area contributed by atoms with Crippen LogP contribution < -0.4 is 5.32 Å². The maximum atomic E-state index is 12.6. The van der Waals surface area contributed by atoms with E-state index in [9.17, 15) is 20.1 Å². The third-order valence-electron chi connectivity index (χ3n) is 6.24. The van der Waals surface area contributed by atoms with Crippen LogP contribution >= 0.6 is 0 Å². The molecule has 0 spiro atoms. The van der Waals surface area contributed by atoms with Gasteiger partial charge in [-0.3, -0.25) is 4.79 Å². The maximum Gasteiger partial charge on any atom is 0.161 e. The van der Waals surface area contributed by atoms with Gasteiger partial charge < -0.3 is 20.6 Å². The topological polar surface area (TPSA) is 89.8 Å². The van der Waals surface area contributed by atoms with E-state index in [0.29, 0.717) is 37.8 Å². The molecule has 5 heteroatoms. The molecule has 4 atom stereocenters. The number of phenols is 2. The molecule has 1 aromatic rings. The molecule has 2 fully saturated rings. The van der Waals surface area contributed by atoms with Crippen molar-refractivity contribution in [3.8, 4) is 11.5 Å². The van der Waals surface area contributed by atoms with Crippen LogP contribution in [0.5, 0.6) is 11.5 Å². The average Bonchev–Trinajstić information content (AvgIpc) is 2.51. The fourth-order valence-electron chi connectivity index (χ4n) is 5.29. The van der Waals surface area contributed by atoms with Crippen molar-refractivity contribution in [2.75, 3.05) is 6.54 Å². The maximum absolute atomic E-state index is 12.6. The molecule has 0 radical (unpaired) electrons. The number of hydrogen-bond donors (Lipinski definition) is 4. The molecule has 4 N–H and O–H groups in total. The molecule has 0 aromatic heterocycles. The molecule has 2 bridgehead atoms. The second kappa shape index (κ2) is 4.58. The lowest BCUT2D eigenvalue weighted by molar-refractivity contribution is -0.159. The van der Waals surface area contributed by atoms with Crippen LogP contribution in [-0.2, 0) is 16.6 Å². The Hall–Kier alpha value is -1.85. The van der Waals surface area contributed by atoms with Crippen molar-refractivity contribution in [1.29, 1.82) is 0 Å². The normalized spacial score (nSPS) is 38.6. The van der Waals surface area contributed by atoms with Gasteiger partial charge in [-0.05, 0) is 37.4 Å². The van der Waals surface area contributed by atoms with Gasteiger partial charge >= 0.3 is 0 Å². The van der Waals surface area contributed by atoms with E-state index < -0.39 is 16.9 Å². The number of ketones is 1. The molecule has 23 heavy (non-hydrogen) atoms. The Morgan fingerprint density at radius 3 is 2.83 bits per heavy atom. The Balaban J connectivity index is 2.08. The van der Waals surface area contributed by atoms with Gasteiger partial charge in [-0.15, -0.1) is 6.58 Å². The third kappa shape index (κ3) is 1.56. The first-order valence-electron chi connectivity index (χ1n) is 8.11. The number of aromatic hydroxyl groups is 2. The highest BCUT2D eigenvalue weighted by Gasteiger charge is 2.67. The lowest BCUT2D eigenvalue weighted by Crippen LogP contribution is -2.75. The van der Waals surface area contributed by atoms with E-state index in [-0.39, 0.29) is 23.3 Å². The number of fused-ring (bicyclic) bond motifs is 1. The molecule has 4 rings (SSSR count). The van der Waals surface area contributed by atoms with E-state index in [1.807, 2.05) is 0 Å². The van der Waals surface area contributed by atoms with Crippen molar-refractivity contribution in [3.05, 3.63) is 35.9 Å². The van der Waals surface area contributed by atoms with Crippen molar-refractivity contribution in [2.45, 2.75) is 42.7 Å². The van der Waals surface area contributed by atoms with Crippen molar-refractivity contribution < 1.29 is 20.1 Å². The molecule has 1 aromatic carbocycles. The summed E-state index contributed by atoms with van der Waals surface area (Å²) in [5, 5.41) is 35.6. The molecular weight excluding hydrogens is 294 g/mol. The quantitative estimate of drug-likeness (QED) is 0.461. The van der Waals surface area contributed by atoms with Gasteiger partial charge in [0.2, 0.25) is 0 Å². The van der Waals surface area contributed by atoms with Crippen LogP contribution in [0.15, 0.2) is 24.8 Å². The molecule has 1 heterocycles. The molecule has 2 aliphatic carbocycles. The van der Waals surface area contributed by atoms with Gasteiger partial charge in [0.1, 0.15) is 5.78 Å². The van der Waals surface area contributed by atoms with Crippen LogP contribution in [0.3, 0.4) is 0 Å². The zero-order valence-corrected chi connectivity index (χ0v) is 12.9. The fraction of sp³-hybridized carbons (Fsp3) is 0.500. The summed E-state index contributed by atoms with van der Waals surface area (Å²) in [6, 6.07) is 3.09. The van der Waals surface area contributed by atoms with Crippen LogP contribution in [0.2, 0.25) is 0 Å². The Bertz CT molecular complexity index is 715. The van der Waals surface area contributed by atoms with Gasteiger partial charge in [0.15, 0.2) is 11.5 Å². The molecule has 0 unspecified atom stereocenters. The first-order chi connectivity index (χ1) is 11.0. The van der Waals surface area contributed by atoms with Gasteiger partial charge in [-0.2, -0.15) is 0 Å². The SMILES string of the molecule is C=C[C@H]1C(=O)CC[C@@]2(O)[C@H]3Cc4ccc(O)c(O)c4[C@@]12CCN3. The van der Waals surface area contributed by atoms with Crippen molar-refractivity contribution >= 4 is 5.78 Å². The largest absolute Gasteiger partial charge is 0.504 e. The van der Waals surface area contributed by atoms with Gasteiger partial charge in [-0.25, -0.2) is 0 Å². The number of rotatable bonds is 1. The molecule has 0 amide bonds. The van der Waals surface area contributed by atoms with Gasteiger partial charge in [0.25, 0.3) is 0 Å². The van der Waals surface area contributed by atoms with E-state index in [4.69, 9.17) is 0 Å². The summed E-state index contributed by atoms with van der Waals surface area (Å²) in [6.07, 6.45) is 3.36. The van der Waals surface area contributed by atoms with Crippen LogP contribution in [0.1, 0.15) is 30.4 Å². The number of nitrogens with one attached hydrogen (secondary N) is 1. The van der Waals surface area contributed by atoms with Gasteiger partial charge in [-0.1, -0.05) is 12.1 Å². The summed E-state index contributed by atoms with van der Waals surface area (Å²) in [5.74, 6) is -0.931. The second-order valence-corrected chi connectivity index (χ2v) is 7.00. The Morgan fingerprint density at radius 2 is 2.09 bits per heavy atom. The number of hydrogen-bond acceptors (Lipinski definition) is 5. The van der Waals surface area contributed by atoms with Crippen molar-refractivity contribution in [3.63, 3.8) is 0 Å². The molecule has 122 valence electrons. The number of aliphatic hydroxyl groups is 1. The van der Waals surface area contributed by atoms with Gasteiger partial charge in [0.05, 0.1) is 5.60 Å². The summed E-state index contributed by atoms with van der Waals surface area (Å²) in [6.45, 7) is 4.48. The summed E-state index contributed by atoms with van der Waals surface area (Å²) in [7, 11) is 0. The predicted octanol–water partition coefficient (Wildman–Crippen LogP) is 1.15. The molecule has 5 nitrogen and oxygen atoms in total. The minimum Gasteiger partial charge on any atom is -0.504 e. The molecule has 1 saturated heterocycles. The number of phenolic OH excluding ortho intramolecular Hbond substituents is 2. The summed E-state index contributed by atoms with van der Waals surface area (Å²) in [4.78, 5) is 12.6.